The molecule has 55 valence electrons. The zero-order valence-corrected chi connectivity index (χ0v) is 6.94. The number of hydrogen-bond acceptors (Lipinski definition) is 2. The van der Waals surface area contributed by atoms with E-state index in [4.69, 9.17) is 4.74 Å². The first-order valence-electron chi connectivity index (χ1n) is 3.32. The quantitative estimate of drug-likeness (QED) is 0.628. The zero-order chi connectivity index (χ0) is 7.68. The topological polar surface area (TPSA) is 9.23 Å². The number of ether oxygens (including phenoxy) is 1. The smallest absolute Gasteiger partial charge is 0.128 e. The molecule has 2 heteroatoms. The molecule has 0 aromatic carbocycles. The maximum absolute atomic E-state index is 5.14. The molecule has 0 aromatic heterocycles. The first kappa shape index (κ1) is 6.68. The minimum atomic E-state index is 0.914. The molecule has 0 fully saturated rings. The standard InChI is InChI=1S/C9H7OS/c1-10-9-3-2-7-4-5-11-6-8(7)9/h3-6H,1H3. The first-order chi connectivity index (χ1) is 5.42. The average molecular weight is 163 g/mol. The molecule has 0 unspecified atom stereocenters. The Morgan fingerprint density at radius 2 is 2.45 bits per heavy atom. The van der Waals surface area contributed by atoms with Gasteiger partial charge in [-0.05, 0) is 29.1 Å². The molecule has 0 spiro atoms. The minimum Gasteiger partial charge on any atom is -0.496 e. The lowest BCUT2D eigenvalue weighted by molar-refractivity contribution is 0.418. The van der Waals surface area contributed by atoms with Crippen LogP contribution < -0.4 is 4.74 Å². The zero-order valence-electron chi connectivity index (χ0n) is 6.13. The summed E-state index contributed by atoms with van der Waals surface area (Å²) in [7, 11) is 1.68. The summed E-state index contributed by atoms with van der Waals surface area (Å²) in [4.78, 5) is 0. The molecule has 0 atom stereocenters. The molecule has 0 bridgehead atoms. The van der Waals surface area contributed by atoms with Gasteiger partial charge in [0.2, 0.25) is 0 Å². The second-order valence-electron chi connectivity index (χ2n) is 2.24. The van der Waals surface area contributed by atoms with E-state index in [0.717, 1.165) is 16.9 Å². The second-order valence-corrected chi connectivity index (χ2v) is 3.02. The summed E-state index contributed by atoms with van der Waals surface area (Å²) in [6.45, 7) is 0. The highest BCUT2D eigenvalue weighted by atomic mass is 32.1. The van der Waals surface area contributed by atoms with Crippen LogP contribution in [0.3, 0.4) is 0 Å². The van der Waals surface area contributed by atoms with Gasteiger partial charge in [0.15, 0.2) is 0 Å². The van der Waals surface area contributed by atoms with E-state index in [-0.39, 0.29) is 0 Å². The van der Waals surface area contributed by atoms with Gasteiger partial charge < -0.3 is 4.74 Å². The van der Waals surface area contributed by atoms with E-state index >= 15 is 0 Å². The fourth-order valence-corrected chi connectivity index (χ4v) is 1.75. The van der Waals surface area contributed by atoms with Crippen LogP contribution in [0.25, 0.3) is 11.1 Å². The Morgan fingerprint density at radius 3 is 3.27 bits per heavy atom. The number of rotatable bonds is 1. The molecule has 1 aliphatic carbocycles. The normalized spacial score (nSPS) is 10.3. The SMILES string of the molecule is COc1c[c]c2ccscc1-2. The third kappa shape index (κ3) is 0.994. The highest BCUT2D eigenvalue weighted by Crippen LogP contribution is 2.33. The van der Waals surface area contributed by atoms with Crippen molar-refractivity contribution < 1.29 is 4.74 Å². The molecule has 0 saturated heterocycles. The lowest BCUT2D eigenvalue weighted by Gasteiger charge is -1.99. The van der Waals surface area contributed by atoms with Gasteiger partial charge in [0, 0.05) is 10.9 Å². The Bertz CT molecular complexity index is 326. The van der Waals surface area contributed by atoms with Crippen molar-refractivity contribution in [3.05, 3.63) is 29.0 Å². The fraction of sp³-hybridized carbons (Fsp3) is 0.111. The summed E-state index contributed by atoms with van der Waals surface area (Å²) < 4.78 is 5.14. The van der Waals surface area contributed by atoms with E-state index in [1.807, 2.05) is 17.5 Å². The molecule has 1 nitrogen and oxygen atoms in total. The van der Waals surface area contributed by atoms with Crippen LogP contribution in [0.1, 0.15) is 0 Å². The van der Waals surface area contributed by atoms with Crippen molar-refractivity contribution in [2.45, 2.75) is 0 Å². The van der Waals surface area contributed by atoms with Gasteiger partial charge in [0.25, 0.3) is 0 Å². The summed E-state index contributed by atoms with van der Waals surface area (Å²) in [5.41, 5.74) is 2.28. The van der Waals surface area contributed by atoms with Crippen LogP contribution in [0, 0.1) is 6.07 Å². The Labute approximate surface area is 69.6 Å². The molecule has 0 aromatic rings. The Balaban J connectivity index is 2.64. The Kier molecular flexibility index (Phi) is 1.55. The van der Waals surface area contributed by atoms with Crippen molar-refractivity contribution in [1.82, 2.24) is 0 Å². The van der Waals surface area contributed by atoms with Crippen LogP contribution in [0.2, 0.25) is 0 Å². The third-order valence-electron chi connectivity index (χ3n) is 1.63. The average Bonchev–Trinajstić information content (AvgIpc) is 2.47. The molecule has 2 rings (SSSR count). The molecular weight excluding hydrogens is 156 g/mol. The Hall–Kier alpha value is -1.02. The van der Waals surface area contributed by atoms with Crippen molar-refractivity contribution in [2.75, 3.05) is 7.11 Å². The van der Waals surface area contributed by atoms with E-state index in [1.54, 1.807) is 18.4 Å². The van der Waals surface area contributed by atoms with Crippen LogP contribution in [0.5, 0.6) is 5.75 Å². The lowest BCUT2D eigenvalue weighted by Crippen LogP contribution is -1.80. The van der Waals surface area contributed by atoms with Gasteiger partial charge in [-0.1, -0.05) is 0 Å². The van der Waals surface area contributed by atoms with E-state index < -0.39 is 0 Å². The van der Waals surface area contributed by atoms with Crippen molar-refractivity contribution in [1.29, 1.82) is 0 Å². The van der Waals surface area contributed by atoms with Crippen LogP contribution in [0.15, 0.2) is 22.9 Å². The minimum absolute atomic E-state index is 0.914. The number of hydrogen-bond donors (Lipinski definition) is 0. The molecule has 0 saturated carbocycles. The first-order valence-corrected chi connectivity index (χ1v) is 4.26. The molecule has 0 amide bonds. The maximum atomic E-state index is 5.14. The fourth-order valence-electron chi connectivity index (χ4n) is 1.07. The molecule has 1 aliphatic heterocycles. The highest BCUT2D eigenvalue weighted by molar-refractivity contribution is 7.08. The summed E-state index contributed by atoms with van der Waals surface area (Å²) >= 11 is 1.67. The van der Waals surface area contributed by atoms with Crippen LogP contribution >= 0.6 is 11.3 Å². The van der Waals surface area contributed by atoms with Gasteiger partial charge in [0.05, 0.1) is 7.11 Å². The van der Waals surface area contributed by atoms with Gasteiger partial charge in [0.1, 0.15) is 5.75 Å². The lowest BCUT2D eigenvalue weighted by atomic mass is 10.2. The second kappa shape index (κ2) is 2.55. The molecular formula is C9H7OS. The Morgan fingerprint density at radius 1 is 1.55 bits per heavy atom. The van der Waals surface area contributed by atoms with Crippen LogP contribution in [0.4, 0.5) is 0 Å². The number of fused-ring (bicyclic) bond motifs is 1. The van der Waals surface area contributed by atoms with Crippen molar-refractivity contribution in [3.8, 4) is 16.9 Å². The van der Waals surface area contributed by atoms with E-state index in [2.05, 4.69) is 11.4 Å². The van der Waals surface area contributed by atoms with Crippen molar-refractivity contribution in [2.24, 2.45) is 0 Å². The maximum Gasteiger partial charge on any atom is 0.128 e. The molecule has 11 heavy (non-hydrogen) atoms. The number of methoxy groups -OCH3 is 1. The van der Waals surface area contributed by atoms with Gasteiger partial charge in [-0.15, -0.1) is 0 Å². The predicted octanol–water partition coefficient (Wildman–Crippen LogP) is 2.66. The summed E-state index contributed by atoms with van der Waals surface area (Å²) in [6, 6.07) is 7.04. The van der Waals surface area contributed by atoms with Gasteiger partial charge in [-0.3, -0.25) is 0 Å². The molecule has 2 aliphatic rings. The van der Waals surface area contributed by atoms with Crippen molar-refractivity contribution >= 4 is 11.3 Å². The van der Waals surface area contributed by atoms with E-state index in [0.29, 0.717) is 0 Å². The molecule has 1 heterocycles. The van der Waals surface area contributed by atoms with Crippen molar-refractivity contribution in [3.63, 3.8) is 0 Å². The highest BCUT2D eigenvalue weighted by Gasteiger charge is 2.07. The monoisotopic (exact) mass is 163 g/mol. The summed E-state index contributed by atoms with van der Waals surface area (Å²) in [6.07, 6.45) is 0. The predicted molar refractivity (Wildman–Crippen MR) is 46.3 cm³/mol. The van der Waals surface area contributed by atoms with E-state index in [9.17, 15) is 0 Å². The van der Waals surface area contributed by atoms with Gasteiger partial charge in [-0.2, -0.15) is 11.3 Å². The van der Waals surface area contributed by atoms with Crippen LogP contribution in [-0.4, -0.2) is 7.11 Å². The molecule has 1 radical (unpaired) electrons. The van der Waals surface area contributed by atoms with Gasteiger partial charge in [-0.25, -0.2) is 0 Å². The summed E-state index contributed by atoms with van der Waals surface area (Å²) in [5.74, 6) is 0.914. The van der Waals surface area contributed by atoms with E-state index in [1.165, 1.54) is 0 Å². The third-order valence-corrected chi connectivity index (χ3v) is 2.30. The largest absolute Gasteiger partial charge is 0.496 e. The summed E-state index contributed by atoms with van der Waals surface area (Å²) in [5, 5.41) is 4.11. The van der Waals surface area contributed by atoms with Crippen LogP contribution in [-0.2, 0) is 0 Å². The molecule has 0 N–H and O–H groups in total. The van der Waals surface area contributed by atoms with Gasteiger partial charge >= 0.3 is 0 Å².